The lowest BCUT2D eigenvalue weighted by molar-refractivity contribution is 0.731. The summed E-state index contributed by atoms with van der Waals surface area (Å²) < 4.78 is 0. The van der Waals surface area contributed by atoms with E-state index in [0.717, 1.165) is 18.8 Å². The fourth-order valence-electron chi connectivity index (χ4n) is 2.01. The van der Waals surface area contributed by atoms with Gasteiger partial charge in [0.05, 0.1) is 0 Å². The fraction of sp³-hybridized carbons (Fsp3) is 0.643. The maximum absolute atomic E-state index is 5.80. The molecule has 0 radical (unpaired) electrons. The van der Waals surface area contributed by atoms with Gasteiger partial charge in [-0.2, -0.15) is 0 Å². The van der Waals surface area contributed by atoms with Gasteiger partial charge in [0.25, 0.3) is 0 Å². The van der Waals surface area contributed by atoms with Gasteiger partial charge in [-0.3, -0.25) is 0 Å². The number of nitrogens with zero attached hydrogens (tertiary/aromatic N) is 2. The van der Waals surface area contributed by atoms with Gasteiger partial charge < -0.3 is 10.6 Å². The third kappa shape index (κ3) is 4.35. The Hall–Kier alpha value is -1.09. The predicted octanol–water partition coefficient (Wildman–Crippen LogP) is 2.52. The molecule has 1 aromatic heterocycles. The van der Waals surface area contributed by atoms with Crippen molar-refractivity contribution in [3.8, 4) is 0 Å². The second-order valence-electron chi connectivity index (χ2n) is 4.94. The molecule has 2 N–H and O–H groups in total. The molecule has 1 rings (SSSR count). The second-order valence-corrected chi connectivity index (χ2v) is 4.94. The third-order valence-corrected chi connectivity index (χ3v) is 2.87. The van der Waals surface area contributed by atoms with Crippen molar-refractivity contribution in [3.05, 3.63) is 23.4 Å². The molecule has 0 saturated carbocycles. The van der Waals surface area contributed by atoms with Crippen LogP contribution in [0.5, 0.6) is 0 Å². The molecule has 0 amide bonds. The normalized spacial score (nSPS) is 12.5. The van der Waals surface area contributed by atoms with Crippen LogP contribution in [0.3, 0.4) is 0 Å². The number of anilines is 1. The summed E-state index contributed by atoms with van der Waals surface area (Å²) in [6.45, 7) is 7.42. The van der Waals surface area contributed by atoms with Crippen LogP contribution in [-0.4, -0.2) is 24.6 Å². The zero-order chi connectivity index (χ0) is 12.8. The van der Waals surface area contributed by atoms with Crippen molar-refractivity contribution in [2.75, 3.05) is 18.5 Å². The minimum absolute atomic E-state index is 0.194. The van der Waals surface area contributed by atoms with Crippen LogP contribution in [0.25, 0.3) is 0 Å². The highest BCUT2D eigenvalue weighted by Gasteiger charge is 2.07. The third-order valence-electron chi connectivity index (χ3n) is 2.87. The van der Waals surface area contributed by atoms with Gasteiger partial charge in [0.2, 0.25) is 0 Å². The van der Waals surface area contributed by atoms with Crippen molar-refractivity contribution in [2.24, 2.45) is 5.73 Å². The lowest BCUT2D eigenvalue weighted by atomic mass is 10.1. The van der Waals surface area contributed by atoms with Gasteiger partial charge in [-0.05, 0) is 37.8 Å². The first-order chi connectivity index (χ1) is 8.04. The maximum atomic E-state index is 5.80. The SMILES string of the molecule is CCCCN(C)c1ncc(CC(C)N)cc1C. The van der Waals surface area contributed by atoms with Gasteiger partial charge in [-0.15, -0.1) is 0 Å². The predicted molar refractivity (Wildman–Crippen MR) is 74.5 cm³/mol. The maximum Gasteiger partial charge on any atom is 0.131 e. The molecule has 0 aliphatic heterocycles. The quantitative estimate of drug-likeness (QED) is 0.824. The summed E-state index contributed by atoms with van der Waals surface area (Å²) in [5.74, 6) is 1.09. The molecule has 0 bridgehead atoms. The number of aromatic nitrogens is 1. The van der Waals surface area contributed by atoms with E-state index in [9.17, 15) is 0 Å². The zero-order valence-electron chi connectivity index (χ0n) is 11.5. The van der Waals surface area contributed by atoms with Gasteiger partial charge in [-0.25, -0.2) is 4.98 Å². The Kier molecular flexibility index (Phi) is 5.42. The molecule has 0 saturated heterocycles. The van der Waals surface area contributed by atoms with Gasteiger partial charge in [0.15, 0.2) is 0 Å². The Morgan fingerprint density at radius 3 is 2.71 bits per heavy atom. The number of hydrogen-bond donors (Lipinski definition) is 1. The molecule has 0 aliphatic carbocycles. The van der Waals surface area contributed by atoms with Gasteiger partial charge >= 0.3 is 0 Å². The first-order valence-electron chi connectivity index (χ1n) is 6.46. The van der Waals surface area contributed by atoms with Crippen molar-refractivity contribution in [3.63, 3.8) is 0 Å². The molecule has 1 aromatic rings. The van der Waals surface area contributed by atoms with Crippen LogP contribution in [0.4, 0.5) is 5.82 Å². The fourth-order valence-corrected chi connectivity index (χ4v) is 2.01. The number of rotatable bonds is 6. The number of unbranched alkanes of at least 4 members (excludes halogenated alkanes) is 1. The lowest BCUT2D eigenvalue weighted by Crippen LogP contribution is -2.21. The van der Waals surface area contributed by atoms with E-state index in [0.29, 0.717) is 0 Å². The summed E-state index contributed by atoms with van der Waals surface area (Å²) >= 11 is 0. The topological polar surface area (TPSA) is 42.2 Å². The molecule has 1 unspecified atom stereocenters. The first-order valence-corrected chi connectivity index (χ1v) is 6.46. The molecule has 1 heterocycles. The average molecular weight is 235 g/mol. The Labute approximate surface area is 105 Å². The van der Waals surface area contributed by atoms with Crippen LogP contribution in [0.1, 0.15) is 37.8 Å². The van der Waals surface area contributed by atoms with E-state index >= 15 is 0 Å². The summed E-state index contributed by atoms with van der Waals surface area (Å²) in [4.78, 5) is 6.79. The molecule has 3 heteroatoms. The molecular weight excluding hydrogens is 210 g/mol. The highest BCUT2D eigenvalue weighted by molar-refractivity contribution is 5.46. The highest BCUT2D eigenvalue weighted by Crippen LogP contribution is 2.17. The van der Waals surface area contributed by atoms with Gasteiger partial charge in [-0.1, -0.05) is 19.4 Å². The summed E-state index contributed by atoms with van der Waals surface area (Å²) in [6.07, 6.45) is 5.27. The van der Waals surface area contributed by atoms with Crippen molar-refractivity contribution >= 4 is 5.82 Å². The first kappa shape index (κ1) is 14.0. The van der Waals surface area contributed by atoms with Crippen LogP contribution in [0.15, 0.2) is 12.3 Å². The highest BCUT2D eigenvalue weighted by atomic mass is 15.2. The molecule has 0 aliphatic rings. The van der Waals surface area contributed by atoms with E-state index in [2.05, 4.69) is 36.8 Å². The summed E-state index contributed by atoms with van der Waals surface area (Å²) in [7, 11) is 2.11. The summed E-state index contributed by atoms with van der Waals surface area (Å²) in [5, 5.41) is 0. The number of hydrogen-bond acceptors (Lipinski definition) is 3. The lowest BCUT2D eigenvalue weighted by Gasteiger charge is -2.20. The molecule has 96 valence electrons. The average Bonchev–Trinajstić information content (AvgIpc) is 2.25. The van der Waals surface area contributed by atoms with Crippen molar-refractivity contribution < 1.29 is 0 Å². The monoisotopic (exact) mass is 235 g/mol. The van der Waals surface area contributed by atoms with Crippen molar-refractivity contribution in [1.29, 1.82) is 0 Å². The van der Waals surface area contributed by atoms with Crippen molar-refractivity contribution in [1.82, 2.24) is 4.98 Å². The van der Waals surface area contributed by atoms with Gasteiger partial charge in [0.1, 0.15) is 5.82 Å². The van der Waals surface area contributed by atoms with E-state index in [4.69, 9.17) is 5.73 Å². The van der Waals surface area contributed by atoms with Crippen LogP contribution in [0.2, 0.25) is 0 Å². The molecule has 3 nitrogen and oxygen atoms in total. The largest absolute Gasteiger partial charge is 0.359 e. The minimum Gasteiger partial charge on any atom is -0.359 e. The van der Waals surface area contributed by atoms with E-state index in [-0.39, 0.29) is 6.04 Å². The molecule has 0 fully saturated rings. The molecule has 0 aromatic carbocycles. The van der Waals surface area contributed by atoms with E-state index in [1.807, 2.05) is 13.1 Å². The van der Waals surface area contributed by atoms with Crippen LogP contribution >= 0.6 is 0 Å². The Morgan fingerprint density at radius 2 is 2.18 bits per heavy atom. The van der Waals surface area contributed by atoms with Gasteiger partial charge in [0, 0.05) is 25.8 Å². The summed E-state index contributed by atoms with van der Waals surface area (Å²) in [5.41, 5.74) is 8.26. The van der Waals surface area contributed by atoms with Crippen molar-refractivity contribution in [2.45, 2.75) is 46.1 Å². The van der Waals surface area contributed by atoms with E-state index < -0.39 is 0 Å². The number of aryl methyl sites for hydroxylation is 1. The molecule has 0 spiro atoms. The van der Waals surface area contributed by atoms with E-state index in [1.165, 1.54) is 24.0 Å². The smallest absolute Gasteiger partial charge is 0.131 e. The van der Waals surface area contributed by atoms with Crippen LogP contribution in [0, 0.1) is 6.92 Å². The van der Waals surface area contributed by atoms with E-state index in [1.54, 1.807) is 0 Å². The van der Waals surface area contributed by atoms with Crippen LogP contribution in [-0.2, 0) is 6.42 Å². The van der Waals surface area contributed by atoms with Crippen LogP contribution < -0.4 is 10.6 Å². The second kappa shape index (κ2) is 6.60. The molecule has 1 atom stereocenters. The Bertz CT molecular complexity index is 347. The molecular formula is C14H25N3. The number of pyridine rings is 1. The zero-order valence-corrected chi connectivity index (χ0v) is 11.5. The summed E-state index contributed by atoms with van der Waals surface area (Å²) in [6, 6.07) is 2.40. The number of nitrogens with two attached hydrogens (primary N) is 1. The standard InChI is InChI=1S/C14H25N3/c1-5-6-7-17(4)14-11(2)8-13(10-16-14)9-12(3)15/h8,10,12H,5-7,9,15H2,1-4H3. The Balaban J connectivity index is 2.74. The Morgan fingerprint density at radius 1 is 1.47 bits per heavy atom. The molecule has 17 heavy (non-hydrogen) atoms. The minimum atomic E-state index is 0.194.